The molecule has 0 aromatic carbocycles. The first-order chi connectivity index (χ1) is 7.51. The summed E-state index contributed by atoms with van der Waals surface area (Å²) in [7, 11) is 0. The van der Waals surface area contributed by atoms with Crippen LogP contribution in [0.3, 0.4) is 0 Å². The van der Waals surface area contributed by atoms with Crippen molar-refractivity contribution in [3.63, 3.8) is 0 Å². The van der Waals surface area contributed by atoms with Gasteiger partial charge in [-0.1, -0.05) is 13.8 Å². The number of hydrogen-bond acceptors (Lipinski definition) is 3. The Kier molecular flexibility index (Phi) is 3.04. The summed E-state index contributed by atoms with van der Waals surface area (Å²) in [6, 6.07) is 0. The molecule has 4 nitrogen and oxygen atoms in total. The normalized spacial score (nSPS) is 20.1. The molecule has 1 aliphatic heterocycles. The Labute approximate surface area is 96.9 Å². The molecule has 2 heterocycles. The van der Waals surface area contributed by atoms with E-state index in [0.717, 1.165) is 32.0 Å². The smallest absolute Gasteiger partial charge is 0.105 e. The predicted molar refractivity (Wildman–Crippen MR) is 63.2 cm³/mol. The van der Waals surface area contributed by atoms with Gasteiger partial charge in [0.05, 0.1) is 5.60 Å². The van der Waals surface area contributed by atoms with Gasteiger partial charge in [0, 0.05) is 38.6 Å². The fourth-order valence-electron chi connectivity index (χ4n) is 2.14. The average molecular weight is 223 g/mol. The number of aromatic nitrogens is 2. The van der Waals surface area contributed by atoms with Gasteiger partial charge in [-0.3, -0.25) is 4.90 Å². The van der Waals surface area contributed by atoms with E-state index >= 15 is 0 Å². The van der Waals surface area contributed by atoms with E-state index in [1.165, 1.54) is 0 Å². The summed E-state index contributed by atoms with van der Waals surface area (Å²) in [5.74, 6) is 1.40. The molecule has 1 aromatic heterocycles. The van der Waals surface area contributed by atoms with Crippen LogP contribution in [0.15, 0.2) is 12.4 Å². The molecular formula is C12H21N3O. The van der Waals surface area contributed by atoms with Crippen LogP contribution in [0.2, 0.25) is 0 Å². The predicted octanol–water partition coefficient (Wildman–Crippen LogP) is 0.894. The molecule has 2 rings (SSSR count). The van der Waals surface area contributed by atoms with Crippen molar-refractivity contribution in [1.29, 1.82) is 0 Å². The summed E-state index contributed by atoms with van der Waals surface area (Å²) in [6.07, 6.45) is 3.83. The standard InChI is InChI=1S/C12H21N3O/c1-10(2)12(16)8-14(9-12)6-7-15-5-4-13-11(15)3/h4-5,10,16H,6-9H2,1-3H3. The zero-order chi connectivity index (χ0) is 11.8. The number of imidazole rings is 1. The maximum atomic E-state index is 10.1. The zero-order valence-corrected chi connectivity index (χ0v) is 10.3. The second-order valence-electron chi connectivity index (χ2n) is 5.14. The van der Waals surface area contributed by atoms with Gasteiger partial charge in [0.15, 0.2) is 0 Å². The fourth-order valence-corrected chi connectivity index (χ4v) is 2.14. The van der Waals surface area contributed by atoms with Gasteiger partial charge in [0.25, 0.3) is 0 Å². The summed E-state index contributed by atoms with van der Waals surface area (Å²) >= 11 is 0. The van der Waals surface area contributed by atoms with Gasteiger partial charge in [-0.2, -0.15) is 0 Å². The van der Waals surface area contributed by atoms with E-state index in [0.29, 0.717) is 5.92 Å². The van der Waals surface area contributed by atoms with Crippen LogP contribution in [-0.4, -0.2) is 44.8 Å². The first kappa shape index (κ1) is 11.6. The second kappa shape index (κ2) is 4.18. The molecule has 0 amide bonds. The molecule has 0 atom stereocenters. The number of nitrogens with zero attached hydrogens (tertiary/aromatic N) is 3. The number of rotatable bonds is 4. The minimum Gasteiger partial charge on any atom is -0.387 e. The van der Waals surface area contributed by atoms with Crippen LogP contribution >= 0.6 is 0 Å². The quantitative estimate of drug-likeness (QED) is 0.824. The van der Waals surface area contributed by atoms with Gasteiger partial charge < -0.3 is 9.67 Å². The molecule has 1 fully saturated rings. The lowest BCUT2D eigenvalue weighted by atomic mass is 9.83. The molecule has 0 aliphatic carbocycles. The Morgan fingerprint density at radius 2 is 2.12 bits per heavy atom. The van der Waals surface area contributed by atoms with Gasteiger partial charge >= 0.3 is 0 Å². The maximum Gasteiger partial charge on any atom is 0.105 e. The van der Waals surface area contributed by atoms with Crippen molar-refractivity contribution >= 4 is 0 Å². The molecule has 0 radical (unpaired) electrons. The highest BCUT2D eigenvalue weighted by Crippen LogP contribution is 2.28. The van der Waals surface area contributed by atoms with Crippen molar-refractivity contribution in [2.45, 2.75) is 32.9 Å². The highest BCUT2D eigenvalue weighted by Gasteiger charge is 2.43. The first-order valence-corrected chi connectivity index (χ1v) is 5.94. The third kappa shape index (κ3) is 2.13. The van der Waals surface area contributed by atoms with Crippen LogP contribution in [0.5, 0.6) is 0 Å². The van der Waals surface area contributed by atoms with Crippen molar-refractivity contribution in [2.24, 2.45) is 5.92 Å². The number of hydrogen-bond donors (Lipinski definition) is 1. The third-order valence-corrected chi connectivity index (χ3v) is 3.65. The Hall–Kier alpha value is -0.870. The number of aryl methyl sites for hydroxylation is 1. The summed E-state index contributed by atoms with van der Waals surface area (Å²) in [6.45, 7) is 9.73. The minimum absolute atomic E-state index is 0.346. The van der Waals surface area contributed by atoms with E-state index in [-0.39, 0.29) is 0 Å². The Bertz CT molecular complexity index is 353. The van der Waals surface area contributed by atoms with Crippen molar-refractivity contribution in [3.05, 3.63) is 18.2 Å². The average Bonchev–Trinajstić information content (AvgIpc) is 2.56. The zero-order valence-electron chi connectivity index (χ0n) is 10.3. The Balaban J connectivity index is 1.77. The van der Waals surface area contributed by atoms with E-state index in [1.54, 1.807) is 0 Å². The molecule has 16 heavy (non-hydrogen) atoms. The molecule has 0 bridgehead atoms. The molecule has 0 saturated carbocycles. The lowest BCUT2D eigenvalue weighted by Crippen LogP contribution is -2.64. The molecule has 1 saturated heterocycles. The second-order valence-corrected chi connectivity index (χ2v) is 5.14. The van der Waals surface area contributed by atoms with E-state index in [9.17, 15) is 5.11 Å². The summed E-state index contributed by atoms with van der Waals surface area (Å²) in [5, 5.41) is 10.1. The monoisotopic (exact) mass is 223 g/mol. The maximum absolute atomic E-state index is 10.1. The van der Waals surface area contributed by atoms with E-state index in [2.05, 4.69) is 28.3 Å². The van der Waals surface area contributed by atoms with Crippen LogP contribution < -0.4 is 0 Å². The molecule has 0 unspecified atom stereocenters. The third-order valence-electron chi connectivity index (χ3n) is 3.65. The van der Waals surface area contributed by atoms with Gasteiger partial charge in [-0.25, -0.2) is 4.98 Å². The Morgan fingerprint density at radius 1 is 1.44 bits per heavy atom. The summed E-state index contributed by atoms with van der Waals surface area (Å²) < 4.78 is 2.15. The van der Waals surface area contributed by atoms with Crippen LogP contribution in [-0.2, 0) is 6.54 Å². The Morgan fingerprint density at radius 3 is 2.62 bits per heavy atom. The van der Waals surface area contributed by atoms with Crippen LogP contribution in [0, 0.1) is 12.8 Å². The van der Waals surface area contributed by atoms with Gasteiger partial charge in [0.2, 0.25) is 0 Å². The number of β-amino-alcohol motifs (C(OH)–C–C–N with tert-alkyl or cyclic N) is 1. The lowest BCUT2D eigenvalue weighted by Gasteiger charge is -2.49. The van der Waals surface area contributed by atoms with Crippen molar-refractivity contribution < 1.29 is 5.11 Å². The molecular weight excluding hydrogens is 202 g/mol. The largest absolute Gasteiger partial charge is 0.387 e. The van der Waals surface area contributed by atoms with E-state index in [1.807, 2.05) is 19.3 Å². The van der Waals surface area contributed by atoms with Gasteiger partial charge in [0.1, 0.15) is 5.82 Å². The molecule has 4 heteroatoms. The molecule has 1 aliphatic rings. The summed E-state index contributed by atoms with van der Waals surface area (Å²) in [4.78, 5) is 6.48. The fraction of sp³-hybridized carbons (Fsp3) is 0.750. The van der Waals surface area contributed by atoms with Crippen LogP contribution in [0.1, 0.15) is 19.7 Å². The first-order valence-electron chi connectivity index (χ1n) is 5.94. The molecule has 1 N–H and O–H groups in total. The SMILES string of the molecule is Cc1nccn1CCN1CC(O)(C(C)C)C1. The highest BCUT2D eigenvalue weighted by molar-refractivity contribution is 4.98. The lowest BCUT2D eigenvalue weighted by molar-refractivity contribution is -0.128. The molecule has 1 aromatic rings. The topological polar surface area (TPSA) is 41.3 Å². The number of aliphatic hydroxyl groups is 1. The highest BCUT2D eigenvalue weighted by atomic mass is 16.3. The van der Waals surface area contributed by atoms with Crippen molar-refractivity contribution in [2.75, 3.05) is 19.6 Å². The van der Waals surface area contributed by atoms with Gasteiger partial charge in [-0.15, -0.1) is 0 Å². The molecule has 90 valence electrons. The summed E-state index contributed by atoms with van der Waals surface area (Å²) in [5.41, 5.74) is -0.454. The van der Waals surface area contributed by atoms with E-state index in [4.69, 9.17) is 0 Å². The molecule has 0 spiro atoms. The number of likely N-dealkylation sites (tertiary alicyclic amines) is 1. The van der Waals surface area contributed by atoms with Crippen molar-refractivity contribution in [3.8, 4) is 0 Å². The van der Waals surface area contributed by atoms with Crippen LogP contribution in [0.25, 0.3) is 0 Å². The van der Waals surface area contributed by atoms with E-state index < -0.39 is 5.60 Å². The minimum atomic E-state index is -0.454. The van der Waals surface area contributed by atoms with Gasteiger partial charge in [-0.05, 0) is 12.8 Å². The van der Waals surface area contributed by atoms with Crippen LogP contribution in [0.4, 0.5) is 0 Å². The van der Waals surface area contributed by atoms with Crippen molar-refractivity contribution in [1.82, 2.24) is 14.5 Å².